The maximum Gasteiger partial charge on any atom is 0.303 e. The summed E-state index contributed by atoms with van der Waals surface area (Å²) in [7, 11) is 0. The van der Waals surface area contributed by atoms with Gasteiger partial charge in [-0.25, -0.2) is 0 Å². The van der Waals surface area contributed by atoms with Crippen LogP contribution in [0.1, 0.15) is 84.8 Å². The van der Waals surface area contributed by atoms with Crippen LogP contribution in [0.4, 0.5) is 11.4 Å². The van der Waals surface area contributed by atoms with E-state index in [2.05, 4.69) is 129 Å². The van der Waals surface area contributed by atoms with E-state index in [1.807, 2.05) is 0 Å². The Labute approximate surface area is 258 Å². The van der Waals surface area contributed by atoms with Crippen molar-refractivity contribution in [2.75, 3.05) is 24.5 Å². The SMILES string of the molecule is CCN1/C(=C/C=C2\CCCC(/C=C/C3=[N+](CC)c4ccccc4C3(C)C)=C2NCCCC(=O)O)C(C)(C)c2ccccc21. The molecular weight excluding hydrogens is 530 g/mol. The predicted octanol–water partition coefficient (Wildman–Crippen LogP) is 8.16. The smallest absolute Gasteiger partial charge is 0.303 e. The van der Waals surface area contributed by atoms with Gasteiger partial charge in [0.25, 0.3) is 0 Å². The molecule has 0 saturated heterocycles. The van der Waals surface area contributed by atoms with Crippen molar-refractivity contribution in [3.8, 4) is 0 Å². The Hall–Kier alpha value is -3.86. The van der Waals surface area contributed by atoms with E-state index in [-0.39, 0.29) is 17.3 Å². The van der Waals surface area contributed by atoms with Crippen molar-refractivity contribution in [2.24, 2.45) is 0 Å². The normalized spacial score (nSPS) is 20.8. The van der Waals surface area contributed by atoms with E-state index in [1.165, 1.54) is 45.1 Å². The summed E-state index contributed by atoms with van der Waals surface area (Å²) in [6.07, 6.45) is 13.1. The van der Waals surface area contributed by atoms with Crippen LogP contribution in [0.25, 0.3) is 0 Å². The summed E-state index contributed by atoms with van der Waals surface area (Å²) >= 11 is 0. The number of benzene rings is 2. The molecule has 2 heterocycles. The van der Waals surface area contributed by atoms with E-state index in [0.717, 1.165) is 38.0 Å². The van der Waals surface area contributed by atoms with Gasteiger partial charge in [0.15, 0.2) is 5.71 Å². The summed E-state index contributed by atoms with van der Waals surface area (Å²) in [5.41, 5.74) is 11.6. The van der Waals surface area contributed by atoms with Crippen molar-refractivity contribution in [2.45, 2.75) is 84.5 Å². The number of carboxylic acid groups (broad SMARTS) is 1. The van der Waals surface area contributed by atoms with Crippen LogP contribution in [0.3, 0.4) is 0 Å². The number of hydrogen-bond acceptors (Lipinski definition) is 3. The highest BCUT2D eigenvalue weighted by Gasteiger charge is 2.43. The summed E-state index contributed by atoms with van der Waals surface area (Å²) in [5, 5.41) is 12.9. The molecule has 5 heteroatoms. The predicted molar refractivity (Wildman–Crippen MR) is 178 cm³/mol. The number of rotatable bonds is 10. The van der Waals surface area contributed by atoms with Gasteiger partial charge in [-0.05, 0) is 82.2 Å². The number of nitrogens with zero attached hydrogens (tertiary/aromatic N) is 2. The highest BCUT2D eigenvalue weighted by atomic mass is 16.4. The van der Waals surface area contributed by atoms with Crippen molar-refractivity contribution in [1.82, 2.24) is 5.32 Å². The Bertz CT molecular complexity index is 1550. The number of likely N-dealkylation sites (N-methyl/N-ethyl adjacent to an activating group) is 1. The van der Waals surface area contributed by atoms with Gasteiger partial charge in [0.2, 0.25) is 5.69 Å². The Balaban J connectivity index is 1.53. The van der Waals surface area contributed by atoms with Crippen molar-refractivity contribution < 1.29 is 14.5 Å². The van der Waals surface area contributed by atoms with Gasteiger partial charge in [0, 0.05) is 59.7 Å². The number of para-hydroxylation sites is 2. The molecule has 0 unspecified atom stereocenters. The van der Waals surface area contributed by atoms with Gasteiger partial charge >= 0.3 is 5.97 Å². The van der Waals surface area contributed by atoms with Crippen LogP contribution in [0.2, 0.25) is 0 Å². The molecule has 2 N–H and O–H groups in total. The summed E-state index contributed by atoms with van der Waals surface area (Å²) in [5.74, 6) is -0.748. The van der Waals surface area contributed by atoms with E-state index in [1.54, 1.807) is 0 Å². The standard InChI is InChI=1S/C38H47N3O2/c1-7-40-31-19-11-9-17-29(31)37(3,4)33(40)24-22-27-15-13-16-28(36(27)39-26-14-21-35(42)43)23-25-34-38(5,6)30-18-10-12-20-32(30)41(34)8-2/h9-12,17-20,22-25H,7-8,13-16,21,26H2,1-6H3,(H,42,43)/p+1/b27-22+,33-24+. The van der Waals surface area contributed by atoms with Crippen LogP contribution in [0.15, 0.2) is 95.4 Å². The van der Waals surface area contributed by atoms with Gasteiger partial charge in [0.05, 0.1) is 5.41 Å². The van der Waals surface area contributed by atoms with Crippen molar-refractivity contribution in [3.05, 3.63) is 107 Å². The molecule has 0 atom stereocenters. The zero-order valence-electron chi connectivity index (χ0n) is 26.8. The van der Waals surface area contributed by atoms with Crippen LogP contribution in [-0.2, 0) is 15.6 Å². The highest BCUT2D eigenvalue weighted by Crippen LogP contribution is 2.47. The monoisotopic (exact) mass is 578 g/mol. The van der Waals surface area contributed by atoms with Crippen LogP contribution < -0.4 is 10.2 Å². The fraction of sp³-hybridized carbons (Fsp3) is 0.421. The lowest BCUT2D eigenvalue weighted by Gasteiger charge is -2.27. The number of carboxylic acids is 1. The molecule has 0 fully saturated rings. The molecule has 0 aromatic heterocycles. The van der Waals surface area contributed by atoms with E-state index in [4.69, 9.17) is 0 Å². The molecule has 3 aliphatic rings. The molecule has 2 aliphatic heterocycles. The minimum Gasteiger partial charge on any atom is -0.481 e. The van der Waals surface area contributed by atoms with E-state index in [9.17, 15) is 9.90 Å². The molecule has 2 aromatic rings. The average molecular weight is 579 g/mol. The molecule has 2 aromatic carbocycles. The zero-order valence-corrected chi connectivity index (χ0v) is 26.8. The van der Waals surface area contributed by atoms with E-state index < -0.39 is 5.97 Å². The van der Waals surface area contributed by atoms with Crippen molar-refractivity contribution in [3.63, 3.8) is 0 Å². The van der Waals surface area contributed by atoms with Gasteiger partial charge in [0.1, 0.15) is 6.54 Å². The quantitative estimate of drug-likeness (QED) is 0.221. The topological polar surface area (TPSA) is 55.6 Å². The van der Waals surface area contributed by atoms with Gasteiger partial charge < -0.3 is 15.3 Å². The minimum absolute atomic E-state index is 0.0802. The summed E-state index contributed by atoms with van der Waals surface area (Å²) < 4.78 is 2.44. The summed E-state index contributed by atoms with van der Waals surface area (Å²) in [6, 6.07) is 17.5. The molecular formula is C38H48N3O2+. The maximum absolute atomic E-state index is 11.2. The molecule has 0 spiro atoms. The highest BCUT2D eigenvalue weighted by molar-refractivity contribution is 6.03. The Morgan fingerprint density at radius 3 is 2.40 bits per heavy atom. The first-order valence-electron chi connectivity index (χ1n) is 16.0. The molecule has 5 nitrogen and oxygen atoms in total. The number of allylic oxidation sites excluding steroid dienone is 7. The van der Waals surface area contributed by atoms with Crippen molar-refractivity contribution >= 4 is 23.1 Å². The van der Waals surface area contributed by atoms with Crippen LogP contribution in [0, 0.1) is 0 Å². The fourth-order valence-corrected chi connectivity index (χ4v) is 7.26. The van der Waals surface area contributed by atoms with E-state index in [0.29, 0.717) is 13.0 Å². The lowest BCUT2D eigenvalue weighted by Crippen LogP contribution is -2.28. The number of anilines is 1. The Morgan fingerprint density at radius 2 is 1.67 bits per heavy atom. The molecule has 1 aliphatic carbocycles. The molecule has 0 bridgehead atoms. The number of nitrogens with one attached hydrogen (secondary N) is 1. The van der Waals surface area contributed by atoms with Gasteiger partial charge in [-0.3, -0.25) is 4.79 Å². The first kappa shape index (κ1) is 30.6. The maximum atomic E-state index is 11.2. The lowest BCUT2D eigenvalue weighted by atomic mass is 9.81. The first-order chi connectivity index (χ1) is 20.6. The lowest BCUT2D eigenvalue weighted by molar-refractivity contribution is -0.433. The first-order valence-corrected chi connectivity index (χ1v) is 16.0. The van der Waals surface area contributed by atoms with E-state index >= 15 is 0 Å². The van der Waals surface area contributed by atoms with Crippen LogP contribution in [-0.4, -0.2) is 41.0 Å². The third-order valence-electron chi connectivity index (χ3n) is 9.52. The second-order valence-electron chi connectivity index (χ2n) is 12.9. The fourth-order valence-electron chi connectivity index (χ4n) is 7.26. The number of hydrogen-bond donors (Lipinski definition) is 2. The zero-order chi connectivity index (χ0) is 30.8. The Kier molecular flexibility index (Phi) is 8.82. The number of carbonyl (C=O) groups is 1. The summed E-state index contributed by atoms with van der Waals surface area (Å²) in [6.45, 7) is 16.2. The van der Waals surface area contributed by atoms with Gasteiger partial charge in [-0.1, -0.05) is 62.4 Å². The number of aliphatic carboxylic acids is 1. The minimum atomic E-state index is -0.748. The largest absolute Gasteiger partial charge is 0.481 e. The van der Waals surface area contributed by atoms with Crippen molar-refractivity contribution in [1.29, 1.82) is 0 Å². The third-order valence-corrected chi connectivity index (χ3v) is 9.52. The average Bonchev–Trinajstić information content (AvgIpc) is 3.35. The van der Waals surface area contributed by atoms with Crippen LogP contribution in [0.5, 0.6) is 0 Å². The molecule has 43 heavy (non-hydrogen) atoms. The van der Waals surface area contributed by atoms with Gasteiger partial charge in [-0.2, -0.15) is 4.58 Å². The molecule has 0 radical (unpaired) electrons. The third kappa shape index (κ3) is 5.74. The molecule has 0 saturated carbocycles. The molecule has 5 rings (SSSR count). The number of fused-ring (bicyclic) bond motifs is 2. The summed E-state index contributed by atoms with van der Waals surface area (Å²) in [4.78, 5) is 13.7. The van der Waals surface area contributed by atoms with Gasteiger partial charge in [-0.15, -0.1) is 0 Å². The Morgan fingerprint density at radius 1 is 0.953 bits per heavy atom. The second-order valence-corrected chi connectivity index (χ2v) is 12.9. The van der Waals surface area contributed by atoms with Crippen LogP contribution >= 0.6 is 0 Å². The molecule has 226 valence electrons. The second kappa shape index (κ2) is 12.4. The molecule has 0 amide bonds.